The highest BCUT2D eigenvalue weighted by Gasteiger charge is 2.27. The largest absolute Gasteiger partial charge is 0.481 e. The van der Waals surface area contributed by atoms with Gasteiger partial charge in [0.2, 0.25) is 0 Å². The van der Waals surface area contributed by atoms with Gasteiger partial charge < -0.3 is 20.5 Å². The Hall–Kier alpha value is -2.68. The van der Waals surface area contributed by atoms with Crippen LogP contribution in [-0.2, 0) is 9.53 Å². The Morgan fingerprint density at radius 2 is 2.23 bits per heavy atom. The molecule has 1 atom stereocenters. The standard InChI is InChI=1S/C13H15N3O6/c14-10-2-1-8(5-11(10)16(20)21)13(19)15-3-4-22-9(7-15)6-12(17)18/h1-2,5,9H,3-4,6-7,14H2,(H,17,18). The molecule has 0 spiro atoms. The predicted molar refractivity (Wildman–Crippen MR) is 75.4 cm³/mol. The smallest absolute Gasteiger partial charge is 0.306 e. The molecule has 1 heterocycles. The van der Waals surface area contributed by atoms with Gasteiger partial charge in [-0.25, -0.2) is 0 Å². The first-order valence-corrected chi connectivity index (χ1v) is 6.55. The molecule has 0 aliphatic carbocycles. The SMILES string of the molecule is Nc1ccc(C(=O)N2CCOC(CC(=O)O)C2)cc1[N+](=O)[O-]. The number of carboxylic acid groups (broad SMARTS) is 1. The minimum absolute atomic E-state index is 0.0210. The number of anilines is 1. The number of nitro benzene ring substituents is 1. The lowest BCUT2D eigenvalue weighted by Crippen LogP contribution is -2.46. The first-order chi connectivity index (χ1) is 10.4. The summed E-state index contributed by atoms with van der Waals surface area (Å²) in [4.78, 5) is 34.7. The number of aliphatic carboxylic acids is 1. The van der Waals surface area contributed by atoms with E-state index in [1.807, 2.05) is 0 Å². The zero-order chi connectivity index (χ0) is 16.3. The van der Waals surface area contributed by atoms with Crippen LogP contribution >= 0.6 is 0 Å². The molecule has 1 amide bonds. The molecule has 9 heteroatoms. The van der Waals surface area contributed by atoms with Crippen molar-refractivity contribution < 1.29 is 24.4 Å². The zero-order valence-electron chi connectivity index (χ0n) is 11.6. The maximum Gasteiger partial charge on any atom is 0.306 e. The molecule has 1 saturated heterocycles. The van der Waals surface area contributed by atoms with Gasteiger partial charge in [0.25, 0.3) is 11.6 Å². The number of benzene rings is 1. The highest BCUT2D eigenvalue weighted by Crippen LogP contribution is 2.23. The van der Waals surface area contributed by atoms with E-state index in [2.05, 4.69) is 0 Å². The summed E-state index contributed by atoms with van der Waals surface area (Å²) in [6.45, 7) is 0.650. The normalized spacial score (nSPS) is 18.0. The summed E-state index contributed by atoms with van der Waals surface area (Å²) in [7, 11) is 0. The number of nitrogens with two attached hydrogens (primary N) is 1. The van der Waals surface area contributed by atoms with E-state index in [0.717, 1.165) is 6.07 Å². The van der Waals surface area contributed by atoms with E-state index in [1.165, 1.54) is 17.0 Å². The first kappa shape index (κ1) is 15.7. The van der Waals surface area contributed by atoms with Gasteiger partial charge in [-0.1, -0.05) is 0 Å². The van der Waals surface area contributed by atoms with Gasteiger partial charge >= 0.3 is 5.97 Å². The number of nitro groups is 1. The maximum atomic E-state index is 12.4. The van der Waals surface area contributed by atoms with Gasteiger partial charge in [0, 0.05) is 24.7 Å². The number of carbonyl (C=O) groups excluding carboxylic acids is 1. The van der Waals surface area contributed by atoms with E-state index in [4.69, 9.17) is 15.6 Å². The molecule has 3 N–H and O–H groups in total. The van der Waals surface area contributed by atoms with E-state index < -0.39 is 22.9 Å². The van der Waals surface area contributed by atoms with Gasteiger partial charge in [-0.2, -0.15) is 0 Å². The van der Waals surface area contributed by atoms with Crippen LogP contribution in [0.1, 0.15) is 16.8 Å². The summed E-state index contributed by atoms with van der Waals surface area (Å²) in [5, 5.41) is 19.6. The lowest BCUT2D eigenvalue weighted by Gasteiger charge is -2.32. The molecule has 1 fully saturated rings. The second-order valence-corrected chi connectivity index (χ2v) is 4.87. The minimum atomic E-state index is -1.01. The van der Waals surface area contributed by atoms with Crippen molar-refractivity contribution >= 4 is 23.3 Å². The highest BCUT2D eigenvalue weighted by molar-refractivity contribution is 5.95. The monoisotopic (exact) mass is 309 g/mol. The molecule has 9 nitrogen and oxygen atoms in total. The van der Waals surface area contributed by atoms with Gasteiger partial charge in [0.15, 0.2) is 0 Å². The summed E-state index contributed by atoms with van der Waals surface area (Å²) in [5.41, 5.74) is 5.28. The number of hydrogen-bond donors (Lipinski definition) is 2. The van der Waals surface area contributed by atoms with E-state index in [0.29, 0.717) is 6.54 Å². The summed E-state index contributed by atoms with van der Waals surface area (Å²) < 4.78 is 5.28. The van der Waals surface area contributed by atoms with Crippen LogP contribution in [0.25, 0.3) is 0 Å². The summed E-state index contributed by atoms with van der Waals surface area (Å²) in [6, 6.07) is 3.84. The quantitative estimate of drug-likeness (QED) is 0.469. The van der Waals surface area contributed by atoms with Gasteiger partial charge in [-0.05, 0) is 12.1 Å². The third kappa shape index (κ3) is 3.50. The Morgan fingerprint density at radius 3 is 2.86 bits per heavy atom. The molecule has 0 bridgehead atoms. The zero-order valence-corrected chi connectivity index (χ0v) is 11.6. The molecule has 0 aromatic heterocycles. The number of nitrogen functional groups attached to an aromatic ring is 1. The number of hydrogen-bond acceptors (Lipinski definition) is 6. The number of carboxylic acids is 1. The van der Waals surface area contributed by atoms with E-state index in [1.54, 1.807) is 0 Å². The van der Waals surface area contributed by atoms with E-state index in [-0.39, 0.29) is 36.5 Å². The average Bonchev–Trinajstić information content (AvgIpc) is 2.46. The average molecular weight is 309 g/mol. The van der Waals surface area contributed by atoms with Crippen LogP contribution in [0.2, 0.25) is 0 Å². The summed E-state index contributed by atoms with van der Waals surface area (Å²) in [6.07, 6.45) is -0.787. The first-order valence-electron chi connectivity index (χ1n) is 6.55. The lowest BCUT2D eigenvalue weighted by atomic mass is 10.1. The number of carbonyl (C=O) groups is 2. The third-order valence-electron chi connectivity index (χ3n) is 3.30. The van der Waals surface area contributed by atoms with Crippen LogP contribution in [0.3, 0.4) is 0 Å². The topological polar surface area (TPSA) is 136 Å². The second-order valence-electron chi connectivity index (χ2n) is 4.87. The van der Waals surface area contributed by atoms with Crippen molar-refractivity contribution in [3.63, 3.8) is 0 Å². The van der Waals surface area contributed by atoms with E-state index in [9.17, 15) is 19.7 Å². The van der Waals surface area contributed by atoms with Crippen molar-refractivity contribution in [1.82, 2.24) is 4.90 Å². The summed E-state index contributed by atoms with van der Waals surface area (Å²) in [5.74, 6) is -1.43. The molecule has 118 valence electrons. The third-order valence-corrected chi connectivity index (χ3v) is 3.30. The molecule has 1 unspecified atom stereocenters. The molecule has 2 rings (SSSR count). The van der Waals surface area contributed by atoms with Gasteiger partial charge in [0.05, 0.1) is 24.1 Å². The van der Waals surface area contributed by atoms with Crippen molar-refractivity contribution in [3.8, 4) is 0 Å². The van der Waals surface area contributed by atoms with E-state index >= 15 is 0 Å². The molecule has 1 aromatic rings. The van der Waals surface area contributed by atoms with Gasteiger partial charge in [0.1, 0.15) is 5.69 Å². The van der Waals surface area contributed by atoms with Crippen LogP contribution in [-0.4, -0.2) is 52.6 Å². The maximum absolute atomic E-state index is 12.4. The van der Waals surface area contributed by atoms with Crippen molar-refractivity contribution in [2.45, 2.75) is 12.5 Å². The Balaban J connectivity index is 2.15. The van der Waals surface area contributed by atoms with Crippen molar-refractivity contribution in [1.29, 1.82) is 0 Å². The van der Waals surface area contributed by atoms with Crippen LogP contribution in [0, 0.1) is 10.1 Å². The highest BCUT2D eigenvalue weighted by atomic mass is 16.6. The van der Waals surface area contributed by atoms with Gasteiger partial charge in [-0.15, -0.1) is 0 Å². The number of morpholine rings is 1. The molecular formula is C13H15N3O6. The minimum Gasteiger partial charge on any atom is -0.481 e. The molecule has 0 radical (unpaired) electrons. The van der Waals surface area contributed by atoms with Crippen LogP contribution in [0.15, 0.2) is 18.2 Å². The fourth-order valence-corrected chi connectivity index (χ4v) is 2.24. The fourth-order valence-electron chi connectivity index (χ4n) is 2.24. The Labute approximate surface area is 125 Å². The number of amides is 1. The number of nitrogens with zero attached hydrogens (tertiary/aromatic N) is 2. The number of ether oxygens (including phenoxy) is 1. The van der Waals surface area contributed by atoms with Crippen molar-refractivity contribution in [3.05, 3.63) is 33.9 Å². The summed E-state index contributed by atoms with van der Waals surface area (Å²) >= 11 is 0. The molecular weight excluding hydrogens is 294 g/mol. The van der Waals surface area contributed by atoms with Gasteiger partial charge in [-0.3, -0.25) is 19.7 Å². The van der Waals surface area contributed by atoms with Crippen molar-refractivity contribution in [2.75, 3.05) is 25.4 Å². The Bertz CT molecular complexity index is 618. The molecule has 0 saturated carbocycles. The fraction of sp³-hybridized carbons (Fsp3) is 0.385. The predicted octanol–water partition coefficient (Wildman–Crippen LogP) is 0.493. The molecule has 1 aliphatic heterocycles. The second kappa shape index (κ2) is 6.39. The van der Waals surface area contributed by atoms with Crippen molar-refractivity contribution in [2.24, 2.45) is 0 Å². The Morgan fingerprint density at radius 1 is 1.50 bits per heavy atom. The lowest BCUT2D eigenvalue weighted by molar-refractivity contribution is -0.383. The molecule has 1 aromatic carbocycles. The molecule has 1 aliphatic rings. The molecule has 22 heavy (non-hydrogen) atoms. The Kier molecular flexibility index (Phi) is 4.56. The van der Waals surface area contributed by atoms with Crippen LogP contribution in [0.5, 0.6) is 0 Å². The van der Waals surface area contributed by atoms with Crippen LogP contribution in [0.4, 0.5) is 11.4 Å². The number of rotatable bonds is 4. The van der Waals surface area contributed by atoms with Crippen LogP contribution < -0.4 is 5.73 Å².